The number of carbonyl (C=O) groups is 4. The standard InChI is InChI=1S/C29H34N2O5/c1-7-36-27(35)20-13-15-21(16-14-20)31-23(32)17-22(25(31)33)30(18(2)19-11-9-8-10-12-19)26(34)24-28(3,4)29(24,5)6/h8-16,18,22,24H,7,17H2,1-6H3. The topological polar surface area (TPSA) is 84.0 Å². The number of anilines is 1. The van der Waals surface area contributed by atoms with Crippen LogP contribution in [0.2, 0.25) is 0 Å². The molecule has 1 heterocycles. The Bertz CT molecular complexity index is 1170. The van der Waals surface area contributed by atoms with E-state index in [4.69, 9.17) is 4.74 Å². The van der Waals surface area contributed by atoms with E-state index in [2.05, 4.69) is 27.7 Å². The first-order chi connectivity index (χ1) is 16.9. The van der Waals surface area contributed by atoms with Crippen molar-refractivity contribution in [2.24, 2.45) is 16.7 Å². The molecular formula is C29H34N2O5. The van der Waals surface area contributed by atoms with E-state index >= 15 is 0 Å². The van der Waals surface area contributed by atoms with Crippen molar-refractivity contribution in [2.75, 3.05) is 11.5 Å². The number of rotatable bonds is 7. The van der Waals surface area contributed by atoms with Crippen LogP contribution in [0.25, 0.3) is 0 Å². The van der Waals surface area contributed by atoms with Crippen molar-refractivity contribution in [3.8, 4) is 0 Å². The average Bonchev–Trinajstić information content (AvgIpc) is 3.08. The first kappa shape index (κ1) is 25.6. The molecular weight excluding hydrogens is 456 g/mol. The molecule has 2 fully saturated rings. The van der Waals surface area contributed by atoms with Gasteiger partial charge in [0.2, 0.25) is 11.8 Å². The molecule has 2 aromatic carbocycles. The zero-order chi connectivity index (χ0) is 26.4. The van der Waals surface area contributed by atoms with Crippen LogP contribution in [-0.2, 0) is 19.1 Å². The van der Waals surface area contributed by atoms with Crippen LogP contribution in [0.15, 0.2) is 54.6 Å². The Morgan fingerprint density at radius 3 is 2.11 bits per heavy atom. The van der Waals surface area contributed by atoms with E-state index in [0.717, 1.165) is 10.5 Å². The predicted molar refractivity (Wildman–Crippen MR) is 136 cm³/mol. The van der Waals surface area contributed by atoms with Crippen molar-refractivity contribution in [3.63, 3.8) is 0 Å². The number of imide groups is 1. The van der Waals surface area contributed by atoms with Crippen LogP contribution in [0.4, 0.5) is 5.69 Å². The number of ether oxygens (including phenoxy) is 1. The Balaban J connectivity index is 1.66. The van der Waals surface area contributed by atoms with E-state index in [1.165, 1.54) is 12.1 Å². The molecule has 2 aromatic rings. The second kappa shape index (κ2) is 9.19. The SMILES string of the molecule is CCOC(=O)c1ccc(N2C(=O)CC(N(C(=O)C3C(C)(C)C3(C)C)C(C)c3ccccc3)C2=O)cc1. The van der Waals surface area contributed by atoms with E-state index in [-0.39, 0.29) is 41.6 Å². The summed E-state index contributed by atoms with van der Waals surface area (Å²) in [6.45, 7) is 12.2. The minimum atomic E-state index is -0.905. The van der Waals surface area contributed by atoms with Crippen molar-refractivity contribution in [3.05, 3.63) is 65.7 Å². The minimum Gasteiger partial charge on any atom is -0.462 e. The highest BCUT2D eigenvalue weighted by molar-refractivity contribution is 6.23. The van der Waals surface area contributed by atoms with Gasteiger partial charge in [0.25, 0.3) is 5.91 Å². The van der Waals surface area contributed by atoms with Crippen LogP contribution >= 0.6 is 0 Å². The van der Waals surface area contributed by atoms with Gasteiger partial charge in [0.1, 0.15) is 6.04 Å². The van der Waals surface area contributed by atoms with Crippen LogP contribution in [0, 0.1) is 16.7 Å². The van der Waals surface area contributed by atoms with Crippen molar-refractivity contribution < 1.29 is 23.9 Å². The lowest BCUT2D eigenvalue weighted by Gasteiger charge is -2.34. The number of amides is 3. The molecule has 2 aliphatic rings. The molecule has 0 spiro atoms. The predicted octanol–water partition coefficient (Wildman–Crippen LogP) is 4.77. The van der Waals surface area contributed by atoms with Gasteiger partial charge in [-0.25, -0.2) is 9.69 Å². The van der Waals surface area contributed by atoms with Crippen molar-refractivity contribution in [1.82, 2.24) is 4.90 Å². The Morgan fingerprint density at radius 1 is 1.00 bits per heavy atom. The fraction of sp³-hybridized carbons (Fsp3) is 0.448. The highest BCUT2D eigenvalue weighted by Crippen LogP contribution is 2.69. The molecule has 0 aromatic heterocycles. The molecule has 2 atom stereocenters. The maximum Gasteiger partial charge on any atom is 0.338 e. The van der Waals surface area contributed by atoms with Gasteiger partial charge in [-0.15, -0.1) is 0 Å². The van der Waals surface area contributed by atoms with E-state index in [9.17, 15) is 19.2 Å². The zero-order valence-electron chi connectivity index (χ0n) is 21.8. The summed E-state index contributed by atoms with van der Waals surface area (Å²) in [6, 6.07) is 14.5. The molecule has 1 aliphatic carbocycles. The maximum atomic E-state index is 14.0. The molecule has 7 heteroatoms. The van der Waals surface area contributed by atoms with Gasteiger partial charge < -0.3 is 9.64 Å². The number of benzene rings is 2. The van der Waals surface area contributed by atoms with Gasteiger partial charge >= 0.3 is 5.97 Å². The lowest BCUT2D eigenvalue weighted by atomic mass is 10.0. The van der Waals surface area contributed by atoms with E-state index < -0.39 is 24.0 Å². The van der Waals surface area contributed by atoms with Crippen molar-refractivity contribution >= 4 is 29.4 Å². The number of carbonyl (C=O) groups excluding carboxylic acids is 4. The number of nitrogens with zero attached hydrogens (tertiary/aromatic N) is 2. The summed E-state index contributed by atoms with van der Waals surface area (Å²) in [4.78, 5) is 55.6. The molecule has 0 radical (unpaired) electrons. The molecule has 0 bridgehead atoms. The molecule has 4 rings (SSSR count). The maximum absolute atomic E-state index is 14.0. The summed E-state index contributed by atoms with van der Waals surface area (Å²) in [5.74, 6) is -1.63. The first-order valence-electron chi connectivity index (χ1n) is 12.4. The molecule has 3 amide bonds. The molecule has 0 N–H and O–H groups in total. The summed E-state index contributed by atoms with van der Waals surface area (Å²) in [7, 11) is 0. The lowest BCUT2D eigenvalue weighted by Crippen LogP contribution is -2.48. The Labute approximate surface area is 212 Å². The highest BCUT2D eigenvalue weighted by atomic mass is 16.5. The summed E-state index contributed by atoms with van der Waals surface area (Å²) in [5.41, 5.74) is 1.18. The summed E-state index contributed by atoms with van der Waals surface area (Å²) in [5, 5.41) is 0. The van der Waals surface area contributed by atoms with Crippen LogP contribution < -0.4 is 4.90 Å². The second-order valence-electron chi connectivity index (χ2n) is 10.8. The third-order valence-corrected chi connectivity index (χ3v) is 8.32. The Kier molecular flexibility index (Phi) is 6.54. The Hall–Kier alpha value is -3.48. The van der Waals surface area contributed by atoms with Gasteiger partial charge in [0.15, 0.2) is 0 Å². The molecule has 190 valence electrons. The molecule has 1 saturated heterocycles. The van der Waals surface area contributed by atoms with E-state index in [1.807, 2.05) is 37.3 Å². The summed E-state index contributed by atoms with van der Waals surface area (Å²) in [6.07, 6.45) is -0.0883. The van der Waals surface area contributed by atoms with Gasteiger partial charge in [-0.3, -0.25) is 14.4 Å². The fourth-order valence-electron chi connectivity index (χ4n) is 5.53. The first-order valence-corrected chi connectivity index (χ1v) is 12.4. The summed E-state index contributed by atoms with van der Waals surface area (Å²) >= 11 is 0. The molecule has 2 unspecified atom stereocenters. The second-order valence-corrected chi connectivity index (χ2v) is 10.8. The van der Waals surface area contributed by atoms with E-state index in [1.54, 1.807) is 24.0 Å². The van der Waals surface area contributed by atoms with E-state index in [0.29, 0.717) is 11.3 Å². The van der Waals surface area contributed by atoms with Crippen molar-refractivity contribution in [2.45, 2.75) is 60.0 Å². The molecule has 7 nitrogen and oxygen atoms in total. The van der Waals surface area contributed by atoms with Crippen LogP contribution in [-0.4, -0.2) is 41.2 Å². The molecule has 36 heavy (non-hydrogen) atoms. The highest BCUT2D eigenvalue weighted by Gasteiger charge is 2.69. The quantitative estimate of drug-likeness (QED) is 0.412. The number of hydrogen-bond donors (Lipinski definition) is 0. The molecule has 1 aliphatic heterocycles. The normalized spacial score (nSPS) is 21.3. The zero-order valence-corrected chi connectivity index (χ0v) is 21.8. The van der Waals surface area contributed by atoms with Gasteiger partial charge in [-0.2, -0.15) is 0 Å². The lowest BCUT2D eigenvalue weighted by molar-refractivity contribution is -0.143. The van der Waals surface area contributed by atoms with Crippen LogP contribution in [0.1, 0.15) is 69.9 Å². The van der Waals surface area contributed by atoms with Gasteiger partial charge in [0, 0.05) is 5.92 Å². The van der Waals surface area contributed by atoms with Gasteiger partial charge in [-0.05, 0) is 54.5 Å². The average molecular weight is 491 g/mol. The third kappa shape index (κ3) is 4.10. The van der Waals surface area contributed by atoms with Gasteiger partial charge in [-0.1, -0.05) is 58.0 Å². The smallest absolute Gasteiger partial charge is 0.338 e. The largest absolute Gasteiger partial charge is 0.462 e. The summed E-state index contributed by atoms with van der Waals surface area (Å²) < 4.78 is 5.01. The van der Waals surface area contributed by atoms with Crippen molar-refractivity contribution in [1.29, 1.82) is 0 Å². The Morgan fingerprint density at radius 2 is 1.58 bits per heavy atom. The third-order valence-electron chi connectivity index (χ3n) is 8.32. The monoisotopic (exact) mass is 490 g/mol. The van der Waals surface area contributed by atoms with Crippen LogP contribution in [0.5, 0.6) is 0 Å². The number of hydrogen-bond acceptors (Lipinski definition) is 5. The number of esters is 1. The minimum absolute atomic E-state index is 0.0883. The fourth-order valence-corrected chi connectivity index (χ4v) is 5.53. The van der Waals surface area contributed by atoms with Gasteiger partial charge in [0.05, 0.1) is 30.3 Å². The molecule has 1 saturated carbocycles. The van der Waals surface area contributed by atoms with Crippen LogP contribution in [0.3, 0.4) is 0 Å².